The first-order chi connectivity index (χ1) is 17.6. The summed E-state index contributed by atoms with van der Waals surface area (Å²) >= 11 is 0. The second-order valence-electron chi connectivity index (χ2n) is 12.9. The highest BCUT2D eigenvalue weighted by Crippen LogP contribution is 2.72. The maximum Gasteiger partial charge on any atom is 0.331 e. The maximum atomic E-state index is 14.2. The summed E-state index contributed by atoms with van der Waals surface area (Å²) < 4.78 is 5.78. The monoisotopic (exact) mass is 526 g/mol. The fraction of sp³-hybridized carbons (Fsp3) is 0.677. The first-order valence-electron chi connectivity index (χ1n) is 13.8. The van der Waals surface area contributed by atoms with Crippen LogP contribution in [-0.2, 0) is 23.9 Å². The van der Waals surface area contributed by atoms with Gasteiger partial charge in [-0.2, -0.15) is 0 Å². The van der Waals surface area contributed by atoms with E-state index in [9.17, 15) is 29.4 Å². The molecule has 0 aliphatic heterocycles. The van der Waals surface area contributed by atoms with Crippen LogP contribution in [0.4, 0.5) is 0 Å². The third-order valence-electron chi connectivity index (χ3n) is 10.8. The van der Waals surface area contributed by atoms with Gasteiger partial charge in [-0.3, -0.25) is 14.4 Å². The van der Waals surface area contributed by atoms with Crippen LogP contribution in [0.25, 0.3) is 0 Å². The smallest absolute Gasteiger partial charge is 0.331 e. The lowest BCUT2D eigenvalue weighted by atomic mass is 9.37. The number of ketones is 2. The lowest BCUT2D eigenvalue weighted by Crippen LogP contribution is -2.69. The standard InChI is InChI=1S/C31H42O7/c1-16(2)9-8-10-19(28(36)37)24-20-11-12-23-29(5)14-13-21(33)17(3)25(29)26(34)27(35)31(23,7)30(20,6)15-22(24)38-18(4)32/h9,13-14,17,20,22-23,25-26,34H,8,10-12,15H2,1-7H3,(H,36,37)/b24-19-/t17-,20+,22+,23+,25-,26+,29-,30+,31-/m1/s1. The quantitative estimate of drug-likeness (QED) is 0.299. The highest BCUT2D eigenvalue weighted by Gasteiger charge is 2.73. The van der Waals surface area contributed by atoms with Crippen LogP contribution < -0.4 is 0 Å². The summed E-state index contributed by atoms with van der Waals surface area (Å²) in [5, 5.41) is 21.8. The van der Waals surface area contributed by atoms with Gasteiger partial charge in [-0.15, -0.1) is 0 Å². The van der Waals surface area contributed by atoms with E-state index in [4.69, 9.17) is 4.74 Å². The van der Waals surface area contributed by atoms with Gasteiger partial charge in [0.25, 0.3) is 0 Å². The number of aliphatic hydroxyl groups excluding tert-OH is 1. The summed E-state index contributed by atoms with van der Waals surface area (Å²) in [6.45, 7) is 13.0. The van der Waals surface area contributed by atoms with Crippen LogP contribution in [0.2, 0.25) is 0 Å². The van der Waals surface area contributed by atoms with E-state index >= 15 is 0 Å². The fourth-order valence-electron chi connectivity index (χ4n) is 8.92. The minimum atomic E-state index is -1.31. The van der Waals surface area contributed by atoms with Gasteiger partial charge in [0, 0.05) is 29.7 Å². The summed E-state index contributed by atoms with van der Waals surface area (Å²) in [7, 11) is 0. The molecular weight excluding hydrogens is 484 g/mol. The van der Waals surface area contributed by atoms with Crippen molar-refractivity contribution in [3.8, 4) is 0 Å². The Morgan fingerprint density at radius 1 is 1.13 bits per heavy atom. The number of carboxylic acid groups (broad SMARTS) is 1. The van der Waals surface area contributed by atoms with Gasteiger partial charge in [-0.25, -0.2) is 4.79 Å². The molecule has 208 valence electrons. The average Bonchev–Trinajstić information content (AvgIpc) is 3.09. The zero-order chi connectivity index (χ0) is 28.4. The molecule has 4 aliphatic rings. The predicted octanol–water partition coefficient (Wildman–Crippen LogP) is 4.83. The molecule has 7 heteroatoms. The molecule has 0 bridgehead atoms. The van der Waals surface area contributed by atoms with Crippen molar-refractivity contribution in [1.29, 1.82) is 0 Å². The number of Topliss-reactive ketones (excluding diaryl/α,β-unsaturated/α-hetero) is 1. The van der Waals surface area contributed by atoms with E-state index in [-0.39, 0.29) is 29.0 Å². The van der Waals surface area contributed by atoms with E-state index in [1.807, 2.05) is 39.8 Å². The summed E-state index contributed by atoms with van der Waals surface area (Å²) in [5.41, 5.74) is -0.352. The van der Waals surface area contributed by atoms with E-state index in [1.54, 1.807) is 13.0 Å². The minimum absolute atomic E-state index is 0.0775. The number of hydrogen-bond donors (Lipinski definition) is 2. The van der Waals surface area contributed by atoms with Gasteiger partial charge >= 0.3 is 11.9 Å². The fourth-order valence-corrected chi connectivity index (χ4v) is 8.92. The zero-order valence-corrected chi connectivity index (χ0v) is 23.7. The van der Waals surface area contributed by atoms with E-state index in [1.165, 1.54) is 6.92 Å². The van der Waals surface area contributed by atoms with Gasteiger partial charge < -0.3 is 14.9 Å². The lowest BCUT2D eigenvalue weighted by Gasteiger charge is -2.65. The van der Waals surface area contributed by atoms with Crippen molar-refractivity contribution in [2.45, 2.75) is 92.8 Å². The number of carbonyl (C=O) groups excluding carboxylic acids is 3. The Kier molecular flexibility index (Phi) is 7.18. The molecule has 0 aromatic rings. The number of aliphatic hydroxyl groups is 1. The Morgan fingerprint density at radius 3 is 2.37 bits per heavy atom. The second kappa shape index (κ2) is 9.58. The number of hydrogen-bond acceptors (Lipinski definition) is 6. The predicted molar refractivity (Wildman–Crippen MR) is 142 cm³/mol. The van der Waals surface area contributed by atoms with E-state index in [2.05, 4.69) is 6.92 Å². The van der Waals surface area contributed by atoms with Crippen molar-refractivity contribution >= 4 is 23.5 Å². The molecule has 0 radical (unpaired) electrons. The topological polar surface area (TPSA) is 118 Å². The largest absolute Gasteiger partial charge is 0.478 e. The molecule has 0 unspecified atom stereocenters. The van der Waals surface area contributed by atoms with Gasteiger partial charge in [0.1, 0.15) is 12.2 Å². The van der Waals surface area contributed by atoms with Crippen LogP contribution in [0.5, 0.6) is 0 Å². The third-order valence-corrected chi connectivity index (χ3v) is 10.8. The number of fused-ring (bicyclic) bond motifs is 5. The van der Waals surface area contributed by atoms with E-state index < -0.39 is 52.2 Å². The van der Waals surface area contributed by atoms with Crippen LogP contribution in [0.1, 0.15) is 80.6 Å². The summed E-state index contributed by atoms with van der Waals surface area (Å²) in [6.07, 6.45) is 5.91. The Labute approximate surface area is 225 Å². The lowest BCUT2D eigenvalue weighted by molar-refractivity contribution is -0.199. The number of carboxylic acids is 1. The number of rotatable bonds is 5. The van der Waals surface area contributed by atoms with Crippen LogP contribution in [0.3, 0.4) is 0 Å². The van der Waals surface area contributed by atoms with Crippen LogP contribution in [0.15, 0.2) is 34.9 Å². The molecule has 9 atom stereocenters. The number of esters is 1. The van der Waals surface area contributed by atoms with Gasteiger partial charge in [-0.05, 0) is 80.3 Å². The highest BCUT2D eigenvalue weighted by atomic mass is 16.5. The Hall–Kier alpha value is -2.54. The molecule has 4 aliphatic carbocycles. The number of aliphatic carboxylic acids is 1. The number of carbonyl (C=O) groups is 4. The molecular formula is C31H42O7. The summed E-state index contributed by atoms with van der Waals surface area (Å²) in [4.78, 5) is 51.6. The van der Waals surface area contributed by atoms with Gasteiger partial charge in [-0.1, -0.05) is 45.4 Å². The Bertz CT molecular complexity index is 1160. The van der Waals surface area contributed by atoms with Gasteiger partial charge in [0.2, 0.25) is 0 Å². The van der Waals surface area contributed by atoms with E-state index in [0.717, 1.165) is 5.57 Å². The first-order valence-corrected chi connectivity index (χ1v) is 13.8. The molecule has 3 fully saturated rings. The molecule has 0 amide bonds. The maximum absolute atomic E-state index is 14.2. The molecule has 0 aromatic heterocycles. The molecule has 0 heterocycles. The molecule has 0 saturated heterocycles. The Balaban J connectivity index is 1.89. The molecule has 2 N–H and O–H groups in total. The molecule has 7 nitrogen and oxygen atoms in total. The van der Waals surface area contributed by atoms with Crippen molar-refractivity contribution in [1.82, 2.24) is 0 Å². The SMILES string of the molecule is CC(=O)O[C@H]1C[C@@]2(C)[C@@H](CC[C@H]3[C@@]4(C)C=CC(=O)[C@@H](C)[C@@H]4[C@H](O)C(=O)[C@@]32C)/C1=C(\CCC=C(C)C)C(=O)O. The molecule has 0 aromatic carbocycles. The first kappa shape index (κ1) is 28.5. The van der Waals surface area contributed by atoms with Crippen LogP contribution >= 0.6 is 0 Å². The molecule has 0 spiro atoms. The van der Waals surface area contributed by atoms with Crippen LogP contribution in [-0.4, -0.2) is 45.9 Å². The second-order valence-corrected chi connectivity index (χ2v) is 12.9. The number of allylic oxidation sites excluding steroid dienone is 4. The van der Waals surface area contributed by atoms with Crippen molar-refractivity contribution < 1.29 is 34.1 Å². The van der Waals surface area contributed by atoms with E-state index in [0.29, 0.717) is 37.7 Å². The summed E-state index contributed by atoms with van der Waals surface area (Å²) in [5.74, 6) is -3.29. The van der Waals surface area contributed by atoms with Crippen molar-refractivity contribution in [2.75, 3.05) is 0 Å². The third kappa shape index (κ3) is 3.95. The molecule has 38 heavy (non-hydrogen) atoms. The van der Waals surface area contributed by atoms with Gasteiger partial charge in [0.05, 0.1) is 0 Å². The number of ether oxygens (including phenoxy) is 1. The minimum Gasteiger partial charge on any atom is -0.478 e. The van der Waals surface area contributed by atoms with Gasteiger partial charge in [0.15, 0.2) is 11.6 Å². The molecule has 4 rings (SSSR count). The summed E-state index contributed by atoms with van der Waals surface area (Å²) in [6, 6.07) is 0. The van der Waals surface area contributed by atoms with Crippen molar-refractivity contribution in [2.24, 2.45) is 39.9 Å². The average molecular weight is 527 g/mol. The Morgan fingerprint density at radius 2 is 1.79 bits per heavy atom. The van der Waals surface area contributed by atoms with Crippen molar-refractivity contribution in [3.05, 3.63) is 34.9 Å². The molecule has 3 saturated carbocycles. The zero-order valence-electron chi connectivity index (χ0n) is 23.7. The normalized spacial score (nSPS) is 43.1. The highest BCUT2D eigenvalue weighted by molar-refractivity contribution is 5.97. The van der Waals surface area contributed by atoms with Crippen LogP contribution in [0, 0.1) is 39.9 Å². The van der Waals surface area contributed by atoms with Crippen molar-refractivity contribution in [3.63, 3.8) is 0 Å².